The van der Waals surface area contributed by atoms with Crippen LogP contribution in [0.25, 0.3) is 0 Å². The van der Waals surface area contributed by atoms with Crippen molar-refractivity contribution >= 4 is 15.9 Å². The van der Waals surface area contributed by atoms with Crippen molar-refractivity contribution in [1.29, 1.82) is 0 Å². The minimum Gasteiger partial charge on any atom is -0.346 e. The molecular weight excluding hydrogens is 360 g/mol. The third-order valence-electron chi connectivity index (χ3n) is 5.04. The van der Waals surface area contributed by atoms with Gasteiger partial charge in [0, 0.05) is 18.7 Å². The highest BCUT2D eigenvalue weighted by molar-refractivity contribution is 7.89. The van der Waals surface area contributed by atoms with Crippen molar-refractivity contribution in [3.05, 3.63) is 64.7 Å². The summed E-state index contributed by atoms with van der Waals surface area (Å²) in [5, 5.41) is 2.97. The number of nitrogens with one attached hydrogen (secondary N) is 1. The summed E-state index contributed by atoms with van der Waals surface area (Å²) in [6, 6.07) is 12.2. The molecular formula is C21H26N2O3S. The highest BCUT2D eigenvalue weighted by Crippen LogP contribution is 2.23. The van der Waals surface area contributed by atoms with Gasteiger partial charge < -0.3 is 5.32 Å². The molecule has 1 amide bonds. The first kappa shape index (κ1) is 19.6. The zero-order valence-electron chi connectivity index (χ0n) is 16.0. The molecule has 0 spiro atoms. The van der Waals surface area contributed by atoms with E-state index >= 15 is 0 Å². The van der Waals surface area contributed by atoms with Gasteiger partial charge in [0.05, 0.1) is 10.9 Å². The Balaban J connectivity index is 1.79. The number of sulfonamides is 1. The average molecular weight is 387 g/mol. The van der Waals surface area contributed by atoms with Crippen LogP contribution in [0.1, 0.15) is 52.9 Å². The molecule has 1 saturated heterocycles. The molecule has 1 aliphatic rings. The second kappa shape index (κ2) is 7.82. The van der Waals surface area contributed by atoms with Gasteiger partial charge in [-0.2, -0.15) is 4.31 Å². The maximum atomic E-state index is 12.7. The summed E-state index contributed by atoms with van der Waals surface area (Å²) in [5.41, 5.74) is 3.70. The first-order valence-corrected chi connectivity index (χ1v) is 10.7. The monoisotopic (exact) mass is 386 g/mol. The largest absolute Gasteiger partial charge is 0.346 e. The molecule has 0 unspecified atom stereocenters. The molecule has 1 aliphatic heterocycles. The fraction of sp³-hybridized carbons (Fsp3) is 0.381. The van der Waals surface area contributed by atoms with Crippen LogP contribution in [0.2, 0.25) is 0 Å². The molecule has 27 heavy (non-hydrogen) atoms. The van der Waals surface area contributed by atoms with Gasteiger partial charge in [-0.1, -0.05) is 29.8 Å². The molecule has 0 aliphatic carbocycles. The molecule has 0 radical (unpaired) electrons. The van der Waals surface area contributed by atoms with Crippen molar-refractivity contribution < 1.29 is 13.2 Å². The second-order valence-corrected chi connectivity index (χ2v) is 9.13. The Labute approximate surface area is 161 Å². The van der Waals surface area contributed by atoms with Gasteiger partial charge in [-0.3, -0.25) is 4.79 Å². The van der Waals surface area contributed by atoms with E-state index in [1.807, 2.05) is 32.9 Å². The summed E-state index contributed by atoms with van der Waals surface area (Å²) in [7, 11) is -3.53. The molecule has 0 saturated carbocycles. The number of nitrogens with zero attached hydrogens (tertiary/aromatic N) is 1. The Hall–Kier alpha value is -2.18. The van der Waals surface area contributed by atoms with Gasteiger partial charge in [-0.25, -0.2) is 8.42 Å². The summed E-state index contributed by atoms with van der Waals surface area (Å²) in [6.07, 6.45) is 1.76. The summed E-state index contributed by atoms with van der Waals surface area (Å²) in [6.45, 7) is 7.08. The van der Waals surface area contributed by atoms with E-state index in [0.29, 0.717) is 18.7 Å². The second-order valence-electron chi connectivity index (χ2n) is 7.19. The Morgan fingerprint density at radius 2 is 1.78 bits per heavy atom. The summed E-state index contributed by atoms with van der Waals surface area (Å²) >= 11 is 0. The Kier molecular flexibility index (Phi) is 5.67. The third kappa shape index (κ3) is 4.22. The van der Waals surface area contributed by atoms with Gasteiger partial charge in [-0.15, -0.1) is 0 Å². The maximum Gasteiger partial charge on any atom is 0.251 e. The molecule has 1 N–H and O–H groups in total. The van der Waals surface area contributed by atoms with Crippen LogP contribution >= 0.6 is 0 Å². The topological polar surface area (TPSA) is 66.5 Å². The molecule has 1 fully saturated rings. The van der Waals surface area contributed by atoms with E-state index in [-0.39, 0.29) is 16.8 Å². The highest BCUT2D eigenvalue weighted by atomic mass is 32.2. The number of aryl methyl sites for hydroxylation is 2. The summed E-state index contributed by atoms with van der Waals surface area (Å²) in [4.78, 5) is 12.9. The zero-order valence-corrected chi connectivity index (χ0v) is 16.8. The smallest absolute Gasteiger partial charge is 0.251 e. The van der Waals surface area contributed by atoms with Gasteiger partial charge in [0.2, 0.25) is 10.0 Å². The van der Waals surface area contributed by atoms with E-state index in [2.05, 4.69) is 11.4 Å². The van der Waals surface area contributed by atoms with Crippen LogP contribution in [0.5, 0.6) is 0 Å². The summed E-state index contributed by atoms with van der Waals surface area (Å²) in [5.74, 6) is -0.277. The lowest BCUT2D eigenvalue weighted by Crippen LogP contribution is -2.29. The molecule has 1 heterocycles. The fourth-order valence-electron chi connectivity index (χ4n) is 3.54. The first-order chi connectivity index (χ1) is 12.8. The predicted octanol–water partition coefficient (Wildman–Crippen LogP) is 3.58. The molecule has 2 aromatic rings. The average Bonchev–Trinajstić information content (AvgIpc) is 3.17. The van der Waals surface area contributed by atoms with Gasteiger partial charge in [0.1, 0.15) is 0 Å². The van der Waals surface area contributed by atoms with Crippen LogP contribution in [0.3, 0.4) is 0 Å². The van der Waals surface area contributed by atoms with E-state index in [9.17, 15) is 13.2 Å². The first-order valence-electron chi connectivity index (χ1n) is 9.27. The third-order valence-corrected chi connectivity index (χ3v) is 6.93. The maximum absolute atomic E-state index is 12.7. The minimum atomic E-state index is -3.53. The molecule has 3 rings (SSSR count). The summed E-state index contributed by atoms with van der Waals surface area (Å²) < 4.78 is 26.9. The van der Waals surface area contributed by atoms with Gasteiger partial charge in [0.25, 0.3) is 5.91 Å². The van der Waals surface area contributed by atoms with Crippen LogP contribution in [0, 0.1) is 13.8 Å². The number of carbonyl (C=O) groups excluding carboxylic acids is 1. The van der Waals surface area contributed by atoms with E-state index < -0.39 is 10.0 Å². The van der Waals surface area contributed by atoms with Crippen molar-refractivity contribution in [2.24, 2.45) is 0 Å². The van der Waals surface area contributed by atoms with Gasteiger partial charge in [-0.05, 0) is 62.9 Å². The number of benzene rings is 2. The van der Waals surface area contributed by atoms with Crippen LogP contribution in [-0.4, -0.2) is 31.7 Å². The SMILES string of the molecule is Cc1ccc([C@H](C)NC(=O)c2cccc(S(=O)(=O)N3CCCC3)c2)c(C)c1. The lowest BCUT2D eigenvalue weighted by atomic mass is 10.00. The Bertz CT molecular complexity index is 948. The minimum absolute atomic E-state index is 0.169. The van der Waals surface area contributed by atoms with Crippen LogP contribution in [-0.2, 0) is 10.0 Å². The van der Waals surface area contributed by atoms with E-state index in [0.717, 1.165) is 24.0 Å². The number of rotatable bonds is 5. The number of hydrogen-bond acceptors (Lipinski definition) is 3. The van der Waals surface area contributed by atoms with Crippen molar-refractivity contribution in [1.82, 2.24) is 9.62 Å². The van der Waals surface area contributed by atoms with E-state index in [1.165, 1.54) is 15.9 Å². The Morgan fingerprint density at radius 3 is 2.44 bits per heavy atom. The lowest BCUT2D eigenvalue weighted by molar-refractivity contribution is 0.0939. The highest BCUT2D eigenvalue weighted by Gasteiger charge is 2.27. The molecule has 144 valence electrons. The molecule has 0 aromatic heterocycles. The molecule has 2 aromatic carbocycles. The van der Waals surface area contributed by atoms with Crippen LogP contribution in [0.15, 0.2) is 47.4 Å². The number of amides is 1. The standard InChI is InChI=1S/C21H26N2O3S/c1-15-9-10-20(16(2)13-15)17(3)22-21(24)18-7-6-8-19(14-18)27(25,26)23-11-4-5-12-23/h6-10,13-14,17H,4-5,11-12H2,1-3H3,(H,22,24)/t17-/m0/s1. The predicted molar refractivity (Wildman–Crippen MR) is 106 cm³/mol. The van der Waals surface area contributed by atoms with Crippen LogP contribution < -0.4 is 5.32 Å². The van der Waals surface area contributed by atoms with Crippen molar-refractivity contribution in [3.63, 3.8) is 0 Å². The lowest BCUT2D eigenvalue weighted by Gasteiger charge is -2.18. The Morgan fingerprint density at radius 1 is 1.07 bits per heavy atom. The van der Waals surface area contributed by atoms with Crippen LogP contribution in [0.4, 0.5) is 0 Å². The molecule has 6 heteroatoms. The number of hydrogen-bond donors (Lipinski definition) is 1. The normalized spacial score (nSPS) is 16.3. The molecule has 0 bridgehead atoms. The zero-order chi connectivity index (χ0) is 19.6. The van der Waals surface area contributed by atoms with Crippen molar-refractivity contribution in [3.8, 4) is 0 Å². The van der Waals surface area contributed by atoms with Crippen molar-refractivity contribution in [2.75, 3.05) is 13.1 Å². The van der Waals surface area contributed by atoms with Crippen molar-refractivity contribution in [2.45, 2.75) is 44.6 Å². The number of carbonyl (C=O) groups is 1. The van der Waals surface area contributed by atoms with Gasteiger partial charge >= 0.3 is 0 Å². The van der Waals surface area contributed by atoms with E-state index in [1.54, 1.807) is 18.2 Å². The molecule has 1 atom stereocenters. The molecule has 5 nitrogen and oxygen atoms in total. The van der Waals surface area contributed by atoms with Gasteiger partial charge in [0.15, 0.2) is 0 Å². The van der Waals surface area contributed by atoms with E-state index in [4.69, 9.17) is 0 Å². The quantitative estimate of drug-likeness (QED) is 0.854. The fourth-order valence-corrected chi connectivity index (χ4v) is 5.11.